The largest absolute Gasteiger partial charge is 0.422 e. The number of aryl methyl sites for hydroxylation is 4. The zero-order chi connectivity index (χ0) is 29.0. The standard InChI is InChI=1S/C32H26F8/c1-2-3-4-5-20-15-26(33)25(27(34)16-20)13-8-19-7-12-24-23(14-19)11-10-22(31(24)37)9-6-21-17-28(35)30(29(36)18-21)32(38,39)40/h2-3,7,10-12,14-18H,4-6,8-9,13H2,1H3/b3-2+. The molecule has 0 nitrogen and oxygen atoms in total. The van der Waals surface area contributed by atoms with Crippen LogP contribution in [0.25, 0.3) is 10.8 Å². The summed E-state index contributed by atoms with van der Waals surface area (Å²) in [6.45, 7) is 1.88. The molecule has 0 aliphatic heterocycles. The van der Waals surface area contributed by atoms with Crippen molar-refractivity contribution in [2.24, 2.45) is 0 Å². The average molecular weight is 563 g/mol. The molecular formula is C32H26F8. The van der Waals surface area contributed by atoms with Crippen molar-refractivity contribution in [3.05, 3.63) is 129 Å². The first-order valence-corrected chi connectivity index (χ1v) is 12.8. The summed E-state index contributed by atoms with van der Waals surface area (Å²) in [6, 6.07) is 12.0. The minimum atomic E-state index is -5.16. The van der Waals surface area contributed by atoms with Gasteiger partial charge in [-0.3, -0.25) is 0 Å². The third-order valence-corrected chi connectivity index (χ3v) is 6.87. The Bertz CT molecular complexity index is 1500. The van der Waals surface area contributed by atoms with E-state index >= 15 is 4.39 Å². The molecule has 40 heavy (non-hydrogen) atoms. The van der Waals surface area contributed by atoms with Gasteiger partial charge in [-0.2, -0.15) is 13.2 Å². The first kappa shape index (κ1) is 29.3. The highest BCUT2D eigenvalue weighted by atomic mass is 19.4. The van der Waals surface area contributed by atoms with Crippen LogP contribution >= 0.6 is 0 Å². The van der Waals surface area contributed by atoms with E-state index < -0.39 is 40.8 Å². The van der Waals surface area contributed by atoms with Crippen LogP contribution in [0.15, 0.2) is 66.7 Å². The van der Waals surface area contributed by atoms with E-state index in [0.717, 1.165) is 5.56 Å². The molecule has 0 radical (unpaired) electrons. The average Bonchev–Trinajstić information content (AvgIpc) is 2.87. The van der Waals surface area contributed by atoms with Gasteiger partial charge in [0.2, 0.25) is 0 Å². The number of hydrogen-bond donors (Lipinski definition) is 0. The highest BCUT2D eigenvalue weighted by Crippen LogP contribution is 2.34. The summed E-state index contributed by atoms with van der Waals surface area (Å²) in [5, 5.41) is 0.847. The molecule has 8 heteroatoms. The molecule has 0 bridgehead atoms. The van der Waals surface area contributed by atoms with Crippen LogP contribution in [0.5, 0.6) is 0 Å². The van der Waals surface area contributed by atoms with E-state index in [1.165, 1.54) is 18.2 Å². The molecule has 0 saturated heterocycles. The Morgan fingerprint density at radius 1 is 0.625 bits per heavy atom. The molecule has 0 heterocycles. The van der Waals surface area contributed by atoms with Crippen molar-refractivity contribution in [3.63, 3.8) is 0 Å². The molecule has 0 aliphatic rings. The lowest BCUT2D eigenvalue weighted by atomic mass is 9.96. The minimum Gasteiger partial charge on any atom is -0.207 e. The predicted octanol–water partition coefficient (Wildman–Crippen LogP) is 9.63. The summed E-state index contributed by atoms with van der Waals surface area (Å²) in [6.07, 6.45) is 0.270. The number of fused-ring (bicyclic) bond motifs is 1. The van der Waals surface area contributed by atoms with Gasteiger partial charge in [0.15, 0.2) is 0 Å². The molecule has 0 amide bonds. The van der Waals surface area contributed by atoms with Crippen LogP contribution in [0.3, 0.4) is 0 Å². The Hall–Kier alpha value is -3.68. The number of benzene rings is 4. The summed E-state index contributed by atoms with van der Waals surface area (Å²) in [4.78, 5) is 0. The molecule has 0 unspecified atom stereocenters. The predicted molar refractivity (Wildman–Crippen MR) is 140 cm³/mol. The van der Waals surface area contributed by atoms with Crippen LogP contribution in [0.1, 0.15) is 46.7 Å². The van der Waals surface area contributed by atoms with Crippen LogP contribution in [-0.4, -0.2) is 0 Å². The molecule has 0 aliphatic carbocycles. The SMILES string of the molecule is C/C=C/CCc1cc(F)c(CCc2ccc3c(F)c(CCc4cc(F)c(C(F)(F)F)c(F)c4)ccc3c2)c(F)c1. The molecule has 4 aromatic rings. The Morgan fingerprint density at radius 3 is 1.85 bits per heavy atom. The Balaban J connectivity index is 1.45. The van der Waals surface area contributed by atoms with Gasteiger partial charge in [0.1, 0.15) is 34.6 Å². The highest BCUT2D eigenvalue weighted by Gasteiger charge is 2.37. The van der Waals surface area contributed by atoms with Gasteiger partial charge in [0, 0.05) is 10.9 Å². The maximum atomic E-state index is 15.2. The van der Waals surface area contributed by atoms with Crippen molar-refractivity contribution in [3.8, 4) is 0 Å². The van der Waals surface area contributed by atoms with Crippen LogP contribution in [0, 0.1) is 29.1 Å². The zero-order valence-corrected chi connectivity index (χ0v) is 21.6. The summed E-state index contributed by atoms with van der Waals surface area (Å²) >= 11 is 0. The van der Waals surface area contributed by atoms with Crippen LogP contribution in [0.2, 0.25) is 0 Å². The second-order valence-corrected chi connectivity index (χ2v) is 9.67. The third-order valence-electron chi connectivity index (χ3n) is 6.87. The maximum Gasteiger partial charge on any atom is 0.422 e. The van der Waals surface area contributed by atoms with E-state index in [4.69, 9.17) is 0 Å². The molecule has 0 saturated carbocycles. The molecule has 0 atom stereocenters. The number of alkyl halides is 3. The van der Waals surface area contributed by atoms with Gasteiger partial charge in [-0.15, -0.1) is 0 Å². The van der Waals surface area contributed by atoms with E-state index in [0.29, 0.717) is 42.3 Å². The van der Waals surface area contributed by atoms with E-state index in [1.807, 2.05) is 19.1 Å². The van der Waals surface area contributed by atoms with Crippen molar-refractivity contribution in [1.82, 2.24) is 0 Å². The quantitative estimate of drug-likeness (QED) is 0.141. The molecule has 0 spiro atoms. The Labute approximate surface area is 227 Å². The Morgan fingerprint density at radius 2 is 1.23 bits per heavy atom. The second-order valence-electron chi connectivity index (χ2n) is 9.67. The smallest absolute Gasteiger partial charge is 0.207 e. The van der Waals surface area contributed by atoms with Gasteiger partial charge in [-0.25, -0.2) is 22.0 Å². The van der Waals surface area contributed by atoms with E-state index in [-0.39, 0.29) is 41.3 Å². The summed E-state index contributed by atoms with van der Waals surface area (Å²) in [5.74, 6) is -5.18. The van der Waals surface area contributed by atoms with Crippen LogP contribution in [-0.2, 0) is 38.3 Å². The minimum absolute atomic E-state index is 0.00690. The summed E-state index contributed by atoms with van der Waals surface area (Å²) in [7, 11) is 0. The molecule has 210 valence electrons. The fraction of sp³-hybridized carbons (Fsp3) is 0.250. The molecule has 0 N–H and O–H groups in total. The van der Waals surface area contributed by atoms with Gasteiger partial charge < -0.3 is 0 Å². The lowest BCUT2D eigenvalue weighted by molar-refractivity contribution is -0.142. The molecule has 4 rings (SSSR count). The first-order chi connectivity index (χ1) is 19.0. The molecular weight excluding hydrogens is 536 g/mol. The zero-order valence-electron chi connectivity index (χ0n) is 21.6. The van der Waals surface area contributed by atoms with E-state index in [9.17, 15) is 30.7 Å². The number of rotatable bonds is 9. The topological polar surface area (TPSA) is 0 Å². The van der Waals surface area contributed by atoms with Crippen molar-refractivity contribution >= 4 is 10.8 Å². The van der Waals surface area contributed by atoms with E-state index in [1.54, 1.807) is 24.3 Å². The molecule has 4 aromatic carbocycles. The van der Waals surface area contributed by atoms with Crippen LogP contribution < -0.4 is 0 Å². The highest BCUT2D eigenvalue weighted by molar-refractivity contribution is 5.84. The molecule has 0 aromatic heterocycles. The second kappa shape index (κ2) is 12.2. The lowest BCUT2D eigenvalue weighted by Gasteiger charge is -2.12. The molecule has 0 fully saturated rings. The van der Waals surface area contributed by atoms with Gasteiger partial charge in [0.05, 0.1) is 0 Å². The maximum absolute atomic E-state index is 15.2. The fourth-order valence-electron chi connectivity index (χ4n) is 4.78. The van der Waals surface area contributed by atoms with Crippen LogP contribution in [0.4, 0.5) is 35.1 Å². The number of allylic oxidation sites excluding steroid dienone is 2. The fourth-order valence-corrected chi connectivity index (χ4v) is 4.78. The van der Waals surface area contributed by atoms with Gasteiger partial charge >= 0.3 is 6.18 Å². The first-order valence-electron chi connectivity index (χ1n) is 12.8. The summed E-state index contributed by atoms with van der Waals surface area (Å²) in [5.41, 5.74) is -0.407. The van der Waals surface area contributed by atoms with Crippen molar-refractivity contribution < 1.29 is 35.1 Å². The van der Waals surface area contributed by atoms with Crippen molar-refractivity contribution in [1.29, 1.82) is 0 Å². The van der Waals surface area contributed by atoms with Crippen molar-refractivity contribution in [2.75, 3.05) is 0 Å². The lowest BCUT2D eigenvalue weighted by Crippen LogP contribution is -2.12. The summed E-state index contributed by atoms with van der Waals surface area (Å²) < 4.78 is 110. The number of halogens is 8. The monoisotopic (exact) mass is 562 g/mol. The van der Waals surface area contributed by atoms with E-state index in [2.05, 4.69) is 0 Å². The van der Waals surface area contributed by atoms with Gasteiger partial charge in [-0.1, -0.05) is 42.5 Å². The van der Waals surface area contributed by atoms with Crippen molar-refractivity contribution in [2.45, 2.75) is 51.6 Å². The number of hydrogen-bond acceptors (Lipinski definition) is 0. The Kier molecular flexibility index (Phi) is 8.96. The van der Waals surface area contributed by atoms with Gasteiger partial charge in [0.25, 0.3) is 0 Å². The normalized spacial score (nSPS) is 12.1. The van der Waals surface area contributed by atoms with Gasteiger partial charge in [-0.05, 0) is 97.4 Å². The third kappa shape index (κ3) is 6.72.